The minimum Gasteiger partial charge on any atom is -0.262 e. The van der Waals surface area contributed by atoms with E-state index in [1.807, 2.05) is 0 Å². The lowest BCUT2D eigenvalue weighted by atomic mass is 10.1. The van der Waals surface area contributed by atoms with Gasteiger partial charge in [0.1, 0.15) is 5.82 Å². The number of hydrogen-bond donors (Lipinski definition) is 0. The number of benzene rings is 1. The van der Waals surface area contributed by atoms with Crippen molar-refractivity contribution < 1.29 is 13.2 Å². The van der Waals surface area contributed by atoms with Crippen molar-refractivity contribution in [2.75, 3.05) is 0 Å². The van der Waals surface area contributed by atoms with Gasteiger partial charge in [-0.15, -0.1) is 0 Å². The van der Waals surface area contributed by atoms with Crippen LogP contribution in [0.25, 0.3) is 11.4 Å². The smallest absolute Gasteiger partial charge is 0.262 e. The van der Waals surface area contributed by atoms with Gasteiger partial charge in [-0.25, -0.2) is 14.4 Å². The number of hydrogen-bond acceptors (Lipinski definition) is 3. The third kappa shape index (κ3) is 5.02. The molecule has 3 nitrogen and oxygen atoms in total. The fourth-order valence-corrected chi connectivity index (χ4v) is 2.09. The molecule has 0 atom stereocenters. The summed E-state index contributed by atoms with van der Waals surface area (Å²) in [7, 11) is 0. The minimum atomic E-state index is -1.64. The van der Waals surface area contributed by atoms with Gasteiger partial charge >= 0.3 is 0 Å². The Labute approximate surface area is 132 Å². The number of nitrogens with zero attached hydrogens (tertiary/aromatic N) is 3. The van der Waals surface area contributed by atoms with Crippen LogP contribution in [0.5, 0.6) is 0 Å². The number of aliphatic imine (C=N–C) groups is 1. The lowest BCUT2D eigenvalue weighted by Crippen LogP contribution is -1.93. The SMILES string of the molecule is C=Nc1ccc(-c2ncc(CCCCC=C(F)F)cn2)cc1F. The highest BCUT2D eigenvalue weighted by atomic mass is 19.3. The maximum absolute atomic E-state index is 13.7. The third-order valence-corrected chi connectivity index (χ3v) is 3.30. The van der Waals surface area contributed by atoms with Crippen LogP contribution in [0, 0.1) is 5.82 Å². The van der Waals surface area contributed by atoms with Crippen molar-refractivity contribution in [3.63, 3.8) is 0 Å². The first-order valence-electron chi connectivity index (χ1n) is 7.19. The molecule has 1 aromatic heterocycles. The van der Waals surface area contributed by atoms with E-state index in [4.69, 9.17) is 0 Å². The summed E-state index contributed by atoms with van der Waals surface area (Å²) >= 11 is 0. The number of aromatic nitrogens is 2. The second-order valence-electron chi connectivity index (χ2n) is 4.98. The Morgan fingerprint density at radius 1 is 1.17 bits per heavy atom. The van der Waals surface area contributed by atoms with Crippen molar-refractivity contribution in [2.24, 2.45) is 4.99 Å². The summed E-state index contributed by atoms with van der Waals surface area (Å²) < 4.78 is 37.4. The van der Waals surface area contributed by atoms with Gasteiger partial charge in [-0.1, -0.05) is 0 Å². The first kappa shape index (κ1) is 16.9. The molecule has 0 spiro atoms. The van der Waals surface area contributed by atoms with Crippen LogP contribution in [0.3, 0.4) is 0 Å². The van der Waals surface area contributed by atoms with E-state index in [2.05, 4.69) is 21.7 Å². The van der Waals surface area contributed by atoms with Crippen LogP contribution in [0.4, 0.5) is 18.9 Å². The van der Waals surface area contributed by atoms with Crippen LogP contribution < -0.4 is 0 Å². The number of unbranched alkanes of at least 4 members (excludes halogenated alkanes) is 2. The quantitative estimate of drug-likeness (QED) is 0.525. The van der Waals surface area contributed by atoms with Crippen molar-refractivity contribution in [1.29, 1.82) is 0 Å². The van der Waals surface area contributed by atoms with E-state index in [-0.39, 0.29) is 5.69 Å². The Morgan fingerprint density at radius 3 is 2.52 bits per heavy atom. The van der Waals surface area contributed by atoms with Gasteiger partial charge in [0.05, 0.1) is 5.69 Å². The van der Waals surface area contributed by atoms with Crippen LogP contribution in [0.2, 0.25) is 0 Å². The summed E-state index contributed by atoms with van der Waals surface area (Å²) in [5.41, 5.74) is 1.66. The summed E-state index contributed by atoms with van der Waals surface area (Å²) in [5.74, 6) is -0.0518. The Bertz CT molecular complexity index is 693. The maximum Gasteiger partial charge on any atom is 0.266 e. The molecule has 1 aromatic carbocycles. The fourth-order valence-electron chi connectivity index (χ4n) is 2.09. The molecule has 0 radical (unpaired) electrons. The van der Waals surface area contributed by atoms with Crippen molar-refractivity contribution in [2.45, 2.75) is 25.7 Å². The Morgan fingerprint density at radius 2 is 1.91 bits per heavy atom. The molecule has 2 aromatic rings. The summed E-state index contributed by atoms with van der Waals surface area (Å²) in [5, 5.41) is 0. The van der Waals surface area contributed by atoms with E-state index < -0.39 is 11.9 Å². The molecular weight excluding hydrogens is 303 g/mol. The van der Waals surface area contributed by atoms with E-state index in [9.17, 15) is 13.2 Å². The monoisotopic (exact) mass is 319 g/mol. The van der Waals surface area contributed by atoms with Crippen LogP contribution in [-0.4, -0.2) is 16.7 Å². The molecule has 0 aliphatic heterocycles. The van der Waals surface area contributed by atoms with Crippen LogP contribution in [-0.2, 0) is 6.42 Å². The van der Waals surface area contributed by atoms with Crippen LogP contribution in [0.15, 0.2) is 47.7 Å². The van der Waals surface area contributed by atoms with Gasteiger partial charge in [0.2, 0.25) is 0 Å². The summed E-state index contributed by atoms with van der Waals surface area (Å²) in [6, 6.07) is 4.52. The molecule has 0 unspecified atom stereocenters. The van der Waals surface area contributed by atoms with Crippen LogP contribution in [0.1, 0.15) is 24.8 Å². The summed E-state index contributed by atoms with van der Waals surface area (Å²) in [6.45, 7) is 3.29. The molecule has 0 aliphatic rings. The fraction of sp³-hybridized carbons (Fsp3) is 0.235. The second kappa shape index (κ2) is 8.22. The van der Waals surface area contributed by atoms with Crippen LogP contribution >= 0.6 is 0 Å². The predicted molar refractivity (Wildman–Crippen MR) is 84.5 cm³/mol. The molecule has 0 aliphatic carbocycles. The lowest BCUT2D eigenvalue weighted by Gasteiger charge is -2.04. The zero-order valence-electron chi connectivity index (χ0n) is 12.5. The van der Waals surface area contributed by atoms with Gasteiger partial charge in [0.15, 0.2) is 5.82 Å². The first-order valence-corrected chi connectivity index (χ1v) is 7.19. The number of halogens is 3. The zero-order valence-corrected chi connectivity index (χ0v) is 12.5. The molecule has 0 bridgehead atoms. The average Bonchev–Trinajstić information content (AvgIpc) is 2.55. The molecule has 0 amide bonds. The largest absolute Gasteiger partial charge is 0.266 e. The molecular formula is C17H16F3N3. The number of rotatable bonds is 7. The van der Waals surface area contributed by atoms with E-state index in [1.54, 1.807) is 18.5 Å². The molecule has 0 fully saturated rings. The maximum atomic E-state index is 13.7. The molecule has 2 rings (SSSR count). The third-order valence-electron chi connectivity index (χ3n) is 3.30. The molecule has 1 heterocycles. The van der Waals surface area contributed by atoms with Crippen molar-refractivity contribution in [3.8, 4) is 11.4 Å². The summed E-state index contributed by atoms with van der Waals surface area (Å²) in [4.78, 5) is 12.0. The second-order valence-corrected chi connectivity index (χ2v) is 4.98. The Balaban J connectivity index is 1.95. The van der Waals surface area contributed by atoms with Gasteiger partial charge in [-0.2, -0.15) is 8.78 Å². The average molecular weight is 319 g/mol. The number of aryl methyl sites for hydroxylation is 1. The molecule has 0 saturated heterocycles. The van der Waals surface area contributed by atoms with Gasteiger partial charge in [-0.3, -0.25) is 4.99 Å². The van der Waals surface area contributed by atoms with Gasteiger partial charge < -0.3 is 0 Å². The van der Waals surface area contributed by atoms with Gasteiger partial charge in [0, 0.05) is 18.0 Å². The highest BCUT2D eigenvalue weighted by Crippen LogP contribution is 2.23. The lowest BCUT2D eigenvalue weighted by molar-refractivity contribution is 0.416. The Kier molecular flexibility index (Phi) is 6.02. The van der Waals surface area contributed by atoms with E-state index in [0.717, 1.165) is 24.5 Å². The van der Waals surface area contributed by atoms with Gasteiger partial charge in [0.25, 0.3) is 6.08 Å². The first-order chi connectivity index (χ1) is 11.1. The highest BCUT2D eigenvalue weighted by Gasteiger charge is 2.06. The highest BCUT2D eigenvalue weighted by molar-refractivity contribution is 5.60. The minimum absolute atomic E-state index is 0.184. The molecule has 23 heavy (non-hydrogen) atoms. The molecule has 0 saturated carbocycles. The summed E-state index contributed by atoms with van der Waals surface area (Å²) in [6.07, 6.45) is 5.18. The standard InChI is InChI=1S/C17H16F3N3/c1-21-15-8-7-13(9-14(15)18)17-22-10-12(11-23-17)5-3-2-4-6-16(19)20/h6-11H,1-5H2. The van der Waals surface area contributed by atoms with E-state index in [1.165, 1.54) is 12.1 Å². The molecule has 0 N–H and O–H groups in total. The van der Waals surface area contributed by atoms with Crippen molar-refractivity contribution in [1.82, 2.24) is 9.97 Å². The zero-order chi connectivity index (χ0) is 16.7. The predicted octanol–water partition coefficient (Wildman–Crippen LogP) is 5.11. The Hall–Kier alpha value is -2.50. The molecule has 120 valence electrons. The molecule has 6 heteroatoms. The van der Waals surface area contributed by atoms with Crippen molar-refractivity contribution >= 4 is 12.4 Å². The van der Waals surface area contributed by atoms with Gasteiger partial charge in [-0.05, 0) is 62.2 Å². The normalized spacial score (nSPS) is 10.4. The van der Waals surface area contributed by atoms with Crippen molar-refractivity contribution in [3.05, 3.63) is 54.1 Å². The topological polar surface area (TPSA) is 38.1 Å². The van der Waals surface area contributed by atoms with E-state index in [0.29, 0.717) is 24.2 Å². The number of allylic oxidation sites excluding steroid dienone is 1. The van der Waals surface area contributed by atoms with E-state index >= 15 is 0 Å².